The van der Waals surface area contributed by atoms with Gasteiger partial charge in [0.15, 0.2) is 17.0 Å². The fourth-order valence-electron chi connectivity index (χ4n) is 3.72. The molecule has 2 aliphatic rings. The predicted octanol–water partition coefficient (Wildman–Crippen LogP) is -0.667. The van der Waals surface area contributed by atoms with Gasteiger partial charge in [-0.3, -0.25) is 4.79 Å². The summed E-state index contributed by atoms with van der Waals surface area (Å²) in [5.74, 6) is 1.66. The minimum absolute atomic E-state index is 0.0128. The Hall–Kier alpha value is -3.37. The van der Waals surface area contributed by atoms with E-state index in [4.69, 9.17) is 0 Å². The van der Waals surface area contributed by atoms with Crippen molar-refractivity contribution < 1.29 is 4.79 Å². The third-order valence-electron chi connectivity index (χ3n) is 5.33. The van der Waals surface area contributed by atoms with Gasteiger partial charge < -0.3 is 14.7 Å². The van der Waals surface area contributed by atoms with Gasteiger partial charge in [0.25, 0.3) is 0 Å². The average molecular weight is 380 g/mol. The van der Waals surface area contributed by atoms with Crippen molar-refractivity contribution >= 4 is 28.8 Å². The third kappa shape index (κ3) is 2.79. The SMILES string of the molecule is Cn1nnc2c(N3CC(C(=O)N4CCN(c5ncccn5)CC4)C3)ncnc21. The summed E-state index contributed by atoms with van der Waals surface area (Å²) in [6.07, 6.45) is 5.00. The number of anilines is 2. The molecule has 0 atom stereocenters. The van der Waals surface area contributed by atoms with Gasteiger partial charge >= 0.3 is 0 Å². The lowest BCUT2D eigenvalue weighted by molar-refractivity contribution is -0.136. The number of nitrogens with zero attached hydrogens (tertiary/aromatic N) is 10. The van der Waals surface area contributed by atoms with Gasteiger partial charge in [0.1, 0.15) is 6.33 Å². The summed E-state index contributed by atoms with van der Waals surface area (Å²) >= 11 is 0. The second-order valence-electron chi connectivity index (χ2n) is 7.05. The lowest BCUT2D eigenvalue weighted by Crippen LogP contribution is -2.58. The van der Waals surface area contributed by atoms with Crippen LogP contribution in [0.25, 0.3) is 11.2 Å². The Balaban J connectivity index is 1.19. The molecule has 3 aromatic rings. The fraction of sp³-hybridized carbons (Fsp3) is 0.471. The highest BCUT2D eigenvalue weighted by Gasteiger charge is 2.38. The Morgan fingerprint density at radius 1 is 1.00 bits per heavy atom. The highest BCUT2D eigenvalue weighted by atomic mass is 16.2. The molecule has 11 heteroatoms. The molecule has 5 rings (SSSR count). The van der Waals surface area contributed by atoms with Gasteiger partial charge in [-0.2, -0.15) is 0 Å². The molecule has 3 aromatic heterocycles. The number of carbonyl (C=O) groups excluding carboxylic acids is 1. The fourth-order valence-corrected chi connectivity index (χ4v) is 3.72. The number of hydrogen-bond acceptors (Lipinski definition) is 9. The summed E-state index contributed by atoms with van der Waals surface area (Å²) in [5.41, 5.74) is 1.37. The molecular weight excluding hydrogens is 360 g/mol. The Morgan fingerprint density at radius 3 is 2.50 bits per heavy atom. The van der Waals surface area contributed by atoms with Crippen LogP contribution in [0.5, 0.6) is 0 Å². The Bertz CT molecular complexity index is 992. The molecular formula is C17H20N10O. The maximum atomic E-state index is 12.9. The Kier molecular flexibility index (Phi) is 3.99. The van der Waals surface area contributed by atoms with E-state index in [1.165, 1.54) is 6.33 Å². The quantitative estimate of drug-likeness (QED) is 0.584. The van der Waals surface area contributed by atoms with Crippen LogP contribution in [-0.4, -0.2) is 85.0 Å². The molecule has 0 radical (unpaired) electrons. The second-order valence-corrected chi connectivity index (χ2v) is 7.05. The van der Waals surface area contributed by atoms with Gasteiger partial charge in [-0.15, -0.1) is 5.10 Å². The van der Waals surface area contributed by atoms with Crippen molar-refractivity contribution in [3.05, 3.63) is 24.8 Å². The number of hydrogen-bond donors (Lipinski definition) is 0. The second kappa shape index (κ2) is 6.66. The van der Waals surface area contributed by atoms with Crippen molar-refractivity contribution in [2.24, 2.45) is 13.0 Å². The first-order valence-electron chi connectivity index (χ1n) is 9.27. The molecule has 0 aliphatic carbocycles. The van der Waals surface area contributed by atoms with E-state index < -0.39 is 0 Å². The van der Waals surface area contributed by atoms with Crippen LogP contribution in [0.15, 0.2) is 24.8 Å². The summed E-state index contributed by atoms with van der Waals surface area (Å²) < 4.78 is 1.62. The first kappa shape index (κ1) is 16.8. The maximum absolute atomic E-state index is 12.9. The minimum atomic E-state index is -0.0128. The largest absolute Gasteiger partial charge is 0.353 e. The topological polar surface area (TPSA) is 109 Å². The smallest absolute Gasteiger partial charge is 0.229 e. The van der Waals surface area contributed by atoms with Crippen molar-refractivity contribution in [2.45, 2.75) is 0 Å². The van der Waals surface area contributed by atoms with Crippen LogP contribution >= 0.6 is 0 Å². The number of aryl methyl sites for hydroxylation is 1. The van der Waals surface area contributed by atoms with Crippen molar-refractivity contribution in [2.75, 3.05) is 49.1 Å². The number of piperazine rings is 1. The lowest BCUT2D eigenvalue weighted by atomic mass is 9.98. The molecule has 2 aliphatic heterocycles. The van der Waals surface area contributed by atoms with Crippen molar-refractivity contribution in [1.29, 1.82) is 0 Å². The van der Waals surface area contributed by atoms with Crippen molar-refractivity contribution in [3.8, 4) is 0 Å². The zero-order chi connectivity index (χ0) is 19.1. The van der Waals surface area contributed by atoms with Crippen molar-refractivity contribution in [3.63, 3.8) is 0 Å². The van der Waals surface area contributed by atoms with Crippen LogP contribution < -0.4 is 9.80 Å². The zero-order valence-electron chi connectivity index (χ0n) is 15.5. The maximum Gasteiger partial charge on any atom is 0.229 e. The van der Waals surface area contributed by atoms with E-state index in [2.05, 4.69) is 40.0 Å². The van der Waals surface area contributed by atoms with Crippen LogP contribution in [0.1, 0.15) is 0 Å². The number of carbonyl (C=O) groups is 1. The Labute approximate surface area is 161 Å². The molecule has 0 unspecified atom stereocenters. The standard InChI is InChI=1S/C17H20N10O/c1-24-14-13(22-23-24)15(21-11-20-14)27-9-12(10-27)16(28)25-5-7-26(8-6-25)17-18-3-2-4-19-17/h2-4,11-12H,5-10H2,1H3. The van der Waals surface area contributed by atoms with E-state index in [9.17, 15) is 4.79 Å². The van der Waals surface area contributed by atoms with Crippen LogP contribution in [0.4, 0.5) is 11.8 Å². The normalized spacial score (nSPS) is 17.8. The van der Waals surface area contributed by atoms with Crippen LogP contribution in [0.3, 0.4) is 0 Å². The van der Waals surface area contributed by atoms with Crippen LogP contribution in [0, 0.1) is 5.92 Å². The number of amides is 1. The predicted molar refractivity (Wildman–Crippen MR) is 101 cm³/mol. The molecule has 2 saturated heterocycles. The van der Waals surface area contributed by atoms with Gasteiger partial charge in [0.2, 0.25) is 11.9 Å². The van der Waals surface area contributed by atoms with Gasteiger partial charge in [0, 0.05) is 58.7 Å². The molecule has 0 saturated carbocycles. The highest BCUT2D eigenvalue weighted by molar-refractivity contribution is 5.86. The van der Waals surface area contributed by atoms with E-state index >= 15 is 0 Å². The first-order valence-corrected chi connectivity index (χ1v) is 9.27. The summed E-state index contributed by atoms with van der Waals surface area (Å²) in [7, 11) is 1.80. The minimum Gasteiger partial charge on any atom is -0.353 e. The molecule has 5 heterocycles. The monoisotopic (exact) mass is 380 g/mol. The molecule has 144 valence electrons. The Morgan fingerprint density at radius 2 is 1.75 bits per heavy atom. The van der Waals surface area contributed by atoms with Crippen LogP contribution in [-0.2, 0) is 11.8 Å². The van der Waals surface area contributed by atoms with Crippen LogP contribution in [0.2, 0.25) is 0 Å². The van der Waals surface area contributed by atoms with E-state index in [0.29, 0.717) is 37.3 Å². The molecule has 2 fully saturated rings. The summed E-state index contributed by atoms with van der Waals surface area (Å²) in [4.78, 5) is 36.1. The number of fused-ring (bicyclic) bond motifs is 1. The van der Waals surface area contributed by atoms with E-state index in [1.54, 1.807) is 30.2 Å². The lowest BCUT2D eigenvalue weighted by Gasteiger charge is -2.43. The summed E-state index contributed by atoms with van der Waals surface area (Å²) in [5, 5.41) is 8.16. The van der Waals surface area contributed by atoms with Gasteiger partial charge in [-0.1, -0.05) is 5.21 Å². The van der Waals surface area contributed by atoms with E-state index in [-0.39, 0.29) is 11.8 Å². The molecule has 28 heavy (non-hydrogen) atoms. The molecule has 1 amide bonds. The first-order chi connectivity index (χ1) is 13.7. The van der Waals surface area contributed by atoms with Crippen molar-refractivity contribution in [1.82, 2.24) is 39.8 Å². The zero-order valence-corrected chi connectivity index (χ0v) is 15.5. The average Bonchev–Trinajstić information content (AvgIpc) is 3.09. The van der Waals surface area contributed by atoms with Gasteiger partial charge in [-0.25, -0.2) is 24.6 Å². The highest BCUT2D eigenvalue weighted by Crippen LogP contribution is 2.28. The number of rotatable bonds is 3. The molecule has 11 nitrogen and oxygen atoms in total. The molecule has 0 N–H and O–H groups in total. The molecule has 0 spiro atoms. The number of aromatic nitrogens is 7. The summed E-state index contributed by atoms with van der Waals surface area (Å²) in [6.45, 7) is 4.16. The third-order valence-corrected chi connectivity index (χ3v) is 5.33. The summed E-state index contributed by atoms with van der Waals surface area (Å²) in [6, 6.07) is 1.80. The van der Waals surface area contributed by atoms with E-state index in [1.807, 2.05) is 4.90 Å². The van der Waals surface area contributed by atoms with Gasteiger partial charge in [-0.05, 0) is 6.07 Å². The molecule has 0 bridgehead atoms. The van der Waals surface area contributed by atoms with Gasteiger partial charge in [0.05, 0.1) is 5.92 Å². The van der Waals surface area contributed by atoms with E-state index in [0.717, 1.165) is 24.9 Å². The molecule has 0 aromatic carbocycles.